The van der Waals surface area contributed by atoms with Crippen LogP contribution in [0.2, 0.25) is 10.0 Å². The fraction of sp³-hybridized carbons (Fsp3) is 0.250. The molecule has 176 valence electrons. The smallest absolute Gasteiger partial charge is 0.343 e. The number of carbonyl (C=O) groups excluding carboxylic acids is 2. The summed E-state index contributed by atoms with van der Waals surface area (Å²) in [7, 11) is 0. The number of fused-ring (bicyclic) bond motifs is 1. The third-order valence-corrected chi connectivity index (χ3v) is 5.60. The van der Waals surface area contributed by atoms with Crippen molar-refractivity contribution in [3.05, 3.63) is 79.3 Å². The average molecular weight is 505 g/mol. The van der Waals surface area contributed by atoms with Gasteiger partial charge in [0.05, 0.1) is 24.8 Å². The maximum atomic E-state index is 15.0. The molecule has 1 aromatic heterocycles. The third-order valence-electron chi connectivity index (χ3n) is 5.01. The molecule has 0 aliphatic carbocycles. The molecule has 0 aliphatic rings. The summed E-state index contributed by atoms with van der Waals surface area (Å²) in [6.07, 6.45) is 1.28. The highest BCUT2D eigenvalue weighted by atomic mass is 35.5. The van der Waals surface area contributed by atoms with Gasteiger partial charge in [-0.25, -0.2) is 9.18 Å². The number of pyridine rings is 1. The second-order valence-electron chi connectivity index (χ2n) is 7.16. The zero-order valence-corrected chi connectivity index (χ0v) is 19.7. The van der Waals surface area contributed by atoms with E-state index >= 15 is 4.39 Å². The second kappa shape index (κ2) is 10.7. The maximum absolute atomic E-state index is 15.0. The van der Waals surface area contributed by atoms with Gasteiger partial charge in [0.25, 0.3) is 0 Å². The molecule has 0 saturated carbocycles. The quantitative estimate of drug-likeness (QED) is 0.426. The Balaban J connectivity index is 2.30. The number of nitrogens with zero attached hydrogens (tertiary/aromatic N) is 2. The highest BCUT2D eigenvalue weighted by Gasteiger charge is 2.27. The van der Waals surface area contributed by atoms with Crippen LogP contribution < -0.4 is 5.43 Å². The zero-order valence-electron chi connectivity index (χ0n) is 18.2. The van der Waals surface area contributed by atoms with Crippen molar-refractivity contribution in [2.75, 3.05) is 13.2 Å². The predicted molar refractivity (Wildman–Crippen MR) is 125 cm³/mol. The van der Waals surface area contributed by atoms with Crippen LogP contribution in [-0.4, -0.2) is 29.7 Å². The molecule has 10 heteroatoms. The Labute approximate surface area is 204 Å². The summed E-state index contributed by atoms with van der Waals surface area (Å²) in [6, 6.07) is 8.70. The number of hydrogen-bond acceptors (Lipinski definition) is 6. The van der Waals surface area contributed by atoms with Crippen molar-refractivity contribution in [2.45, 2.75) is 26.3 Å². The minimum Gasteiger partial charge on any atom is -0.465 e. The fourth-order valence-electron chi connectivity index (χ4n) is 3.44. The van der Waals surface area contributed by atoms with Crippen molar-refractivity contribution in [1.29, 1.82) is 5.26 Å². The number of ether oxygens (including phenoxy) is 2. The third kappa shape index (κ3) is 5.06. The molecule has 1 heterocycles. The second-order valence-corrected chi connectivity index (χ2v) is 8.00. The molecule has 1 atom stereocenters. The predicted octanol–water partition coefficient (Wildman–Crippen LogP) is 4.84. The van der Waals surface area contributed by atoms with Crippen LogP contribution in [0.1, 0.15) is 41.3 Å². The highest BCUT2D eigenvalue weighted by Crippen LogP contribution is 2.27. The molecule has 0 amide bonds. The van der Waals surface area contributed by atoms with E-state index in [1.807, 2.05) is 0 Å². The van der Waals surface area contributed by atoms with Crippen LogP contribution in [0.4, 0.5) is 4.39 Å². The van der Waals surface area contributed by atoms with Crippen molar-refractivity contribution in [1.82, 2.24) is 4.57 Å². The number of esters is 2. The van der Waals surface area contributed by atoms with Gasteiger partial charge in [0, 0.05) is 33.7 Å². The minimum atomic E-state index is -1.54. The molecule has 0 N–H and O–H groups in total. The number of aromatic nitrogens is 1. The standard InChI is InChI=1S/C24H19Cl2FN2O5/c1-3-33-23(31)17(10-28)15-9-21-16(8-20(15)27)22(30)18(24(32)34-4-2)12-29(21)11-13-5-6-14(25)7-19(13)26/h5-9,12,17H,3-4,11H2,1-2H3. The largest absolute Gasteiger partial charge is 0.465 e. The van der Waals surface area contributed by atoms with Crippen LogP contribution in [0, 0.1) is 17.1 Å². The van der Waals surface area contributed by atoms with E-state index in [0.29, 0.717) is 15.6 Å². The first kappa shape index (κ1) is 25.2. The summed E-state index contributed by atoms with van der Waals surface area (Å²) in [4.78, 5) is 37.7. The number of nitriles is 1. The minimum absolute atomic E-state index is 0.00882. The molecule has 1 unspecified atom stereocenters. The first-order valence-corrected chi connectivity index (χ1v) is 11.0. The first-order chi connectivity index (χ1) is 16.2. The molecule has 0 aliphatic heterocycles. The number of hydrogen-bond donors (Lipinski definition) is 0. The van der Waals surface area contributed by atoms with Gasteiger partial charge in [0.15, 0.2) is 5.92 Å². The van der Waals surface area contributed by atoms with Gasteiger partial charge in [0.2, 0.25) is 5.43 Å². The lowest BCUT2D eigenvalue weighted by molar-refractivity contribution is -0.143. The maximum Gasteiger partial charge on any atom is 0.343 e. The SMILES string of the molecule is CCOC(=O)c1cn(Cc2ccc(Cl)cc2Cl)c2cc(C(C#N)C(=O)OCC)c(F)cc2c1=O. The Morgan fingerprint density at radius 3 is 2.47 bits per heavy atom. The van der Waals surface area contributed by atoms with Gasteiger partial charge in [-0.05, 0) is 43.7 Å². The van der Waals surface area contributed by atoms with Crippen LogP contribution in [0.3, 0.4) is 0 Å². The van der Waals surface area contributed by atoms with Gasteiger partial charge >= 0.3 is 11.9 Å². The van der Waals surface area contributed by atoms with Gasteiger partial charge in [-0.2, -0.15) is 5.26 Å². The van der Waals surface area contributed by atoms with E-state index in [2.05, 4.69) is 0 Å². The van der Waals surface area contributed by atoms with Gasteiger partial charge in [-0.15, -0.1) is 0 Å². The Morgan fingerprint density at radius 1 is 1.15 bits per heavy atom. The lowest BCUT2D eigenvalue weighted by Gasteiger charge is -2.17. The number of benzene rings is 2. The normalized spacial score (nSPS) is 11.6. The molecule has 0 saturated heterocycles. The number of rotatable bonds is 7. The van der Waals surface area contributed by atoms with Gasteiger partial charge in [-0.1, -0.05) is 29.3 Å². The van der Waals surface area contributed by atoms with Crippen molar-refractivity contribution in [2.24, 2.45) is 0 Å². The molecule has 2 aromatic carbocycles. The summed E-state index contributed by atoms with van der Waals surface area (Å²) in [6.45, 7) is 3.27. The summed E-state index contributed by atoms with van der Waals surface area (Å²) >= 11 is 12.3. The Bertz CT molecular complexity index is 1380. The van der Waals surface area contributed by atoms with Gasteiger partial charge < -0.3 is 14.0 Å². The van der Waals surface area contributed by atoms with Crippen LogP contribution >= 0.6 is 23.2 Å². The van der Waals surface area contributed by atoms with Crippen molar-refractivity contribution in [3.8, 4) is 6.07 Å². The van der Waals surface area contributed by atoms with Crippen molar-refractivity contribution in [3.63, 3.8) is 0 Å². The fourth-order valence-corrected chi connectivity index (χ4v) is 3.91. The topological polar surface area (TPSA) is 98.4 Å². The zero-order chi connectivity index (χ0) is 25.0. The van der Waals surface area contributed by atoms with E-state index in [1.165, 1.54) is 22.9 Å². The molecule has 0 bridgehead atoms. The highest BCUT2D eigenvalue weighted by molar-refractivity contribution is 6.35. The van der Waals surface area contributed by atoms with Crippen LogP contribution in [-0.2, 0) is 20.8 Å². The molecule has 7 nitrogen and oxygen atoms in total. The summed E-state index contributed by atoms with van der Waals surface area (Å²) < 4.78 is 26.4. The Hall–Kier alpha value is -3.41. The summed E-state index contributed by atoms with van der Waals surface area (Å²) in [5, 5.41) is 10.1. The monoisotopic (exact) mass is 504 g/mol. The Kier molecular flexibility index (Phi) is 7.92. The lowest BCUT2D eigenvalue weighted by Crippen LogP contribution is -2.22. The average Bonchev–Trinajstić information content (AvgIpc) is 2.78. The lowest BCUT2D eigenvalue weighted by atomic mass is 9.97. The Morgan fingerprint density at radius 2 is 1.85 bits per heavy atom. The molecule has 3 aromatic rings. The van der Waals surface area contributed by atoms with Crippen LogP contribution in [0.25, 0.3) is 10.9 Å². The van der Waals surface area contributed by atoms with E-state index in [4.69, 9.17) is 32.7 Å². The van der Waals surface area contributed by atoms with E-state index in [0.717, 1.165) is 6.07 Å². The molecule has 0 radical (unpaired) electrons. The molecular formula is C24H19Cl2FN2O5. The number of halogens is 3. The summed E-state index contributed by atoms with van der Waals surface area (Å²) in [5.41, 5.74) is -0.521. The van der Waals surface area contributed by atoms with Gasteiger partial charge in [-0.3, -0.25) is 9.59 Å². The molecular weight excluding hydrogens is 486 g/mol. The van der Waals surface area contributed by atoms with Gasteiger partial charge in [0.1, 0.15) is 11.4 Å². The van der Waals surface area contributed by atoms with Crippen molar-refractivity contribution >= 4 is 46.0 Å². The molecule has 0 spiro atoms. The van der Waals surface area contributed by atoms with Crippen molar-refractivity contribution < 1.29 is 23.5 Å². The number of carbonyl (C=O) groups is 2. The summed E-state index contributed by atoms with van der Waals surface area (Å²) in [5.74, 6) is -4.28. The van der Waals surface area contributed by atoms with E-state index in [1.54, 1.807) is 32.0 Å². The molecule has 3 rings (SSSR count). The van der Waals surface area contributed by atoms with E-state index in [-0.39, 0.29) is 41.8 Å². The van der Waals surface area contributed by atoms with E-state index in [9.17, 15) is 19.6 Å². The molecule has 34 heavy (non-hydrogen) atoms. The van der Waals surface area contributed by atoms with Crippen LogP contribution in [0.5, 0.6) is 0 Å². The molecule has 0 fully saturated rings. The van der Waals surface area contributed by atoms with Crippen LogP contribution in [0.15, 0.2) is 41.3 Å². The first-order valence-electron chi connectivity index (χ1n) is 10.3. The van der Waals surface area contributed by atoms with E-state index < -0.39 is 29.1 Å².